The number of methoxy groups -OCH3 is 1. The van der Waals surface area contributed by atoms with E-state index in [4.69, 9.17) is 4.74 Å². The Hall–Kier alpha value is -1.72. The number of nitrogens with zero attached hydrogens (tertiary/aromatic N) is 1. The molecule has 0 saturated heterocycles. The summed E-state index contributed by atoms with van der Waals surface area (Å²) in [5.74, 6) is -0.0235. The Morgan fingerprint density at radius 3 is 2.65 bits per heavy atom. The molecule has 1 heterocycles. The van der Waals surface area contributed by atoms with Crippen LogP contribution in [0.25, 0.3) is 0 Å². The van der Waals surface area contributed by atoms with Crippen molar-refractivity contribution in [3.63, 3.8) is 0 Å². The van der Waals surface area contributed by atoms with Crippen LogP contribution in [0.15, 0.2) is 24.3 Å². The fourth-order valence-electron chi connectivity index (χ4n) is 1.83. The Kier molecular flexibility index (Phi) is 4.87. The van der Waals surface area contributed by atoms with Crippen molar-refractivity contribution in [3.8, 4) is 0 Å². The van der Waals surface area contributed by atoms with Gasteiger partial charge in [-0.15, -0.1) is 11.3 Å². The van der Waals surface area contributed by atoms with Gasteiger partial charge in [-0.05, 0) is 26.0 Å². The fourth-order valence-corrected chi connectivity index (χ4v) is 2.87. The summed E-state index contributed by atoms with van der Waals surface area (Å²) >= 11 is 1.53. The topological polar surface area (TPSA) is 51.2 Å². The molecule has 0 aliphatic carbocycles. The molecule has 0 aliphatic rings. The van der Waals surface area contributed by atoms with Crippen LogP contribution >= 0.6 is 11.3 Å². The summed E-state index contributed by atoms with van der Waals surface area (Å²) in [6.07, 6.45) is 0.348. The molecule has 0 spiro atoms. The van der Waals surface area contributed by atoms with Gasteiger partial charge in [-0.1, -0.05) is 17.7 Å². The van der Waals surface area contributed by atoms with Gasteiger partial charge in [0, 0.05) is 17.7 Å². The number of amides is 1. The van der Waals surface area contributed by atoms with E-state index in [-0.39, 0.29) is 5.91 Å². The molecule has 1 aromatic heterocycles. The SMILES string of the molecule is COCc1nc(C)c(CC(=O)Nc2ccc(C)cc2)s1. The van der Waals surface area contributed by atoms with Crippen LogP contribution < -0.4 is 5.32 Å². The number of anilines is 1. The number of hydrogen-bond acceptors (Lipinski definition) is 4. The normalized spacial score (nSPS) is 10.6. The van der Waals surface area contributed by atoms with Crippen molar-refractivity contribution in [1.29, 1.82) is 0 Å². The third-order valence-corrected chi connectivity index (χ3v) is 3.99. The minimum atomic E-state index is -0.0235. The van der Waals surface area contributed by atoms with Crippen molar-refractivity contribution in [2.75, 3.05) is 12.4 Å². The van der Waals surface area contributed by atoms with E-state index < -0.39 is 0 Å². The van der Waals surface area contributed by atoms with E-state index in [1.54, 1.807) is 7.11 Å². The number of ether oxygens (including phenoxy) is 1. The molecule has 0 unspecified atom stereocenters. The summed E-state index contributed by atoms with van der Waals surface area (Å²) in [6, 6.07) is 7.76. The Balaban J connectivity index is 1.99. The Labute approximate surface area is 122 Å². The highest BCUT2D eigenvalue weighted by Gasteiger charge is 2.12. The molecule has 1 amide bonds. The minimum Gasteiger partial charge on any atom is -0.378 e. The first-order valence-electron chi connectivity index (χ1n) is 6.39. The van der Waals surface area contributed by atoms with Crippen molar-refractivity contribution in [3.05, 3.63) is 45.4 Å². The summed E-state index contributed by atoms with van der Waals surface area (Å²) in [7, 11) is 1.64. The lowest BCUT2D eigenvalue weighted by molar-refractivity contribution is -0.115. The smallest absolute Gasteiger partial charge is 0.229 e. The van der Waals surface area contributed by atoms with Gasteiger partial charge in [-0.3, -0.25) is 4.79 Å². The molecule has 2 rings (SSSR count). The minimum absolute atomic E-state index is 0.0235. The van der Waals surface area contributed by atoms with Gasteiger partial charge in [-0.25, -0.2) is 4.98 Å². The van der Waals surface area contributed by atoms with E-state index in [9.17, 15) is 4.79 Å². The molecule has 0 atom stereocenters. The van der Waals surface area contributed by atoms with Crippen LogP contribution in [-0.2, 0) is 22.6 Å². The predicted molar refractivity (Wildman–Crippen MR) is 81.1 cm³/mol. The van der Waals surface area contributed by atoms with Gasteiger partial charge in [0.05, 0.1) is 18.7 Å². The molecule has 0 radical (unpaired) electrons. The van der Waals surface area contributed by atoms with E-state index in [1.807, 2.05) is 38.1 Å². The first-order chi connectivity index (χ1) is 9.58. The van der Waals surface area contributed by atoms with Crippen LogP contribution in [0.4, 0.5) is 5.69 Å². The van der Waals surface area contributed by atoms with Gasteiger partial charge >= 0.3 is 0 Å². The quantitative estimate of drug-likeness (QED) is 0.920. The summed E-state index contributed by atoms with van der Waals surface area (Å²) in [6.45, 7) is 4.43. The summed E-state index contributed by atoms with van der Waals surface area (Å²) in [4.78, 5) is 17.4. The standard InChI is InChI=1S/C15H18N2O2S/c1-10-4-6-12(7-5-10)17-14(18)8-13-11(2)16-15(20-13)9-19-3/h4-7H,8-9H2,1-3H3,(H,17,18). The molecule has 1 N–H and O–H groups in total. The fraction of sp³-hybridized carbons (Fsp3) is 0.333. The average molecular weight is 290 g/mol. The Morgan fingerprint density at radius 1 is 1.30 bits per heavy atom. The second-order valence-electron chi connectivity index (χ2n) is 4.64. The number of carbonyl (C=O) groups excluding carboxylic acids is 1. The van der Waals surface area contributed by atoms with Crippen molar-refractivity contribution >= 4 is 22.9 Å². The number of nitrogens with one attached hydrogen (secondary N) is 1. The van der Waals surface area contributed by atoms with Crippen LogP contribution in [0.3, 0.4) is 0 Å². The van der Waals surface area contributed by atoms with Crippen LogP contribution in [0.2, 0.25) is 0 Å². The van der Waals surface area contributed by atoms with Gasteiger partial charge in [0.1, 0.15) is 5.01 Å². The van der Waals surface area contributed by atoms with E-state index in [0.717, 1.165) is 21.3 Å². The molecule has 2 aromatic rings. The van der Waals surface area contributed by atoms with Crippen molar-refractivity contribution in [2.45, 2.75) is 26.9 Å². The highest BCUT2D eigenvalue weighted by Crippen LogP contribution is 2.20. The highest BCUT2D eigenvalue weighted by molar-refractivity contribution is 7.11. The zero-order valence-corrected chi connectivity index (χ0v) is 12.7. The summed E-state index contributed by atoms with van der Waals surface area (Å²) in [5.41, 5.74) is 2.89. The molecule has 1 aromatic carbocycles. The molecule has 0 saturated carbocycles. The lowest BCUT2D eigenvalue weighted by atomic mass is 10.2. The predicted octanol–water partition coefficient (Wildman–Crippen LogP) is 3.09. The summed E-state index contributed by atoms with van der Waals surface area (Å²) < 4.78 is 5.06. The molecular formula is C15H18N2O2S. The van der Waals surface area contributed by atoms with Gasteiger partial charge < -0.3 is 10.1 Å². The zero-order valence-electron chi connectivity index (χ0n) is 11.9. The molecule has 4 nitrogen and oxygen atoms in total. The number of aryl methyl sites for hydroxylation is 2. The second-order valence-corrected chi connectivity index (χ2v) is 5.81. The van der Waals surface area contributed by atoms with Crippen molar-refractivity contribution in [2.24, 2.45) is 0 Å². The number of thiazole rings is 1. The molecule has 106 valence electrons. The highest BCUT2D eigenvalue weighted by atomic mass is 32.1. The Bertz CT molecular complexity index is 590. The Morgan fingerprint density at radius 2 is 2.00 bits per heavy atom. The largest absolute Gasteiger partial charge is 0.378 e. The monoisotopic (exact) mass is 290 g/mol. The first-order valence-corrected chi connectivity index (χ1v) is 7.21. The lowest BCUT2D eigenvalue weighted by Crippen LogP contribution is -2.14. The molecule has 0 aliphatic heterocycles. The third-order valence-electron chi connectivity index (χ3n) is 2.86. The first kappa shape index (κ1) is 14.7. The number of aromatic nitrogens is 1. The van der Waals surface area contributed by atoms with Gasteiger partial charge in [0.25, 0.3) is 0 Å². The van der Waals surface area contributed by atoms with Crippen LogP contribution in [-0.4, -0.2) is 18.0 Å². The van der Waals surface area contributed by atoms with Gasteiger partial charge in [0.2, 0.25) is 5.91 Å². The lowest BCUT2D eigenvalue weighted by Gasteiger charge is -2.04. The van der Waals surface area contributed by atoms with E-state index in [2.05, 4.69) is 10.3 Å². The van der Waals surface area contributed by atoms with Crippen molar-refractivity contribution < 1.29 is 9.53 Å². The average Bonchev–Trinajstić information content (AvgIpc) is 2.73. The number of carbonyl (C=O) groups is 1. The van der Waals surface area contributed by atoms with Crippen molar-refractivity contribution in [1.82, 2.24) is 4.98 Å². The molecule has 0 bridgehead atoms. The maximum absolute atomic E-state index is 12.0. The molecule has 20 heavy (non-hydrogen) atoms. The van der Waals surface area contributed by atoms with Gasteiger partial charge in [0.15, 0.2) is 0 Å². The number of benzene rings is 1. The van der Waals surface area contributed by atoms with E-state index >= 15 is 0 Å². The van der Waals surface area contributed by atoms with Crippen LogP contribution in [0, 0.1) is 13.8 Å². The maximum atomic E-state index is 12.0. The van der Waals surface area contributed by atoms with E-state index in [0.29, 0.717) is 13.0 Å². The molecular weight excluding hydrogens is 272 g/mol. The second kappa shape index (κ2) is 6.63. The molecule has 0 fully saturated rings. The van der Waals surface area contributed by atoms with Crippen LogP contribution in [0.1, 0.15) is 21.1 Å². The maximum Gasteiger partial charge on any atom is 0.229 e. The van der Waals surface area contributed by atoms with E-state index in [1.165, 1.54) is 16.9 Å². The van der Waals surface area contributed by atoms with Gasteiger partial charge in [-0.2, -0.15) is 0 Å². The zero-order chi connectivity index (χ0) is 14.5. The number of rotatable bonds is 5. The van der Waals surface area contributed by atoms with Crippen LogP contribution in [0.5, 0.6) is 0 Å². The molecule has 5 heteroatoms. The third kappa shape index (κ3) is 3.88. The summed E-state index contributed by atoms with van der Waals surface area (Å²) in [5, 5.41) is 3.80. The number of hydrogen-bond donors (Lipinski definition) is 1.